The van der Waals surface area contributed by atoms with E-state index in [2.05, 4.69) is 52.5 Å². The maximum absolute atomic E-state index is 12.3. The van der Waals surface area contributed by atoms with Gasteiger partial charge in [-0.15, -0.1) is 0 Å². The van der Waals surface area contributed by atoms with Crippen molar-refractivity contribution >= 4 is 21.8 Å². The first kappa shape index (κ1) is 16.5. The predicted octanol–water partition coefficient (Wildman–Crippen LogP) is 2.22. The third-order valence-corrected chi connectivity index (χ3v) is 4.46. The van der Waals surface area contributed by atoms with E-state index in [-0.39, 0.29) is 23.5 Å². The number of hydrogen-bond donors (Lipinski definition) is 2. The summed E-state index contributed by atoms with van der Waals surface area (Å²) in [5, 5.41) is 6.25. The largest absolute Gasteiger partial charge is 0.375 e. The first-order valence-electron chi connectivity index (χ1n) is 7.29. The topological polar surface area (TPSA) is 50.4 Å². The van der Waals surface area contributed by atoms with Crippen LogP contribution in [-0.4, -0.2) is 37.7 Å². The van der Waals surface area contributed by atoms with E-state index in [9.17, 15) is 4.79 Å². The van der Waals surface area contributed by atoms with Gasteiger partial charge >= 0.3 is 0 Å². The van der Waals surface area contributed by atoms with Crippen molar-refractivity contribution in [2.75, 3.05) is 19.7 Å². The lowest BCUT2D eigenvalue weighted by molar-refractivity contribution is -0.129. The molecule has 1 amide bonds. The minimum absolute atomic E-state index is 0.00684. The van der Waals surface area contributed by atoms with Gasteiger partial charge in [0.05, 0.1) is 12.7 Å². The van der Waals surface area contributed by atoms with Gasteiger partial charge in [-0.25, -0.2) is 0 Å². The molecule has 2 rings (SSSR count). The Morgan fingerprint density at radius 3 is 2.71 bits per heavy atom. The Morgan fingerprint density at radius 2 is 2.10 bits per heavy atom. The molecule has 0 aromatic heterocycles. The van der Waals surface area contributed by atoms with E-state index in [1.165, 1.54) is 5.56 Å². The molecule has 0 radical (unpaired) electrons. The Hall–Kier alpha value is -0.910. The van der Waals surface area contributed by atoms with Crippen LogP contribution in [0.4, 0.5) is 0 Å². The smallest absolute Gasteiger partial charge is 0.239 e. The number of halogens is 1. The van der Waals surface area contributed by atoms with Crippen molar-refractivity contribution in [3.8, 4) is 0 Å². The minimum Gasteiger partial charge on any atom is -0.375 e. The van der Waals surface area contributed by atoms with Crippen LogP contribution in [0.5, 0.6) is 0 Å². The molecule has 0 saturated carbocycles. The Kier molecular flexibility index (Phi) is 5.41. The third-order valence-electron chi connectivity index (χ3n) is 3.93. The summed E-state index contributed by atoms with van der Waals surface area (Å²) < 4.78 is 6.57. The number of ether oxygens (including phenoxy) is 1. The van der Waals surface area contributed by atoms with Crippen molar-refractivity contribution < 1.29 is 9.53 Å². The highest BCUT2D eigenvalue weighted by molar-refractivity contribution is 9.10. The molecule has 0 unspecified atom stereocenters. The SMILES string of the molecule is C[C@H]1OCCN[C@@H]1C(=O)NCC(C)(C)c1ccc(Br)cc1. The zero-order valence-corrected chi connectivity index (χ0v) is 14.4. The van der Waals surface area contributed by atoms with E-state index in [0.717, 1.165) is 11.0 Å². The number of carbonyl (C=O) groups excluding carboxylic acids is 1. The van der Waals surface area contributed by atoms with Gasteiger partial charge in [-0.2, -0.15) is 0 Å². The van der Waals surface area contributed by atoms with E-state index in [1.54, 1.807) is 0 Å². The van der Waals surface area contributed by atoms with E-state index < -0.39 is 0 Å². The van der Waals surface area contributed by atoms with E-state index in [4.69, 9.17) is 4.74 Å². The molecular weight excluding hydrogens is 332 g/mol. The number of nitrogens with one attached hydrogen (secondary N) is 2. The fraction of sp³-hybridized carbons (Fsp3) is 0.562. The van der Waals surface area contributed by atoms with Gasteiger partial charge in [0.1, 0.15) is 6.04 Å². The van der Waals surface area contributed by atoms with Crippen LogP contribution in [0.1, 0.15) is 26.3 Å². The molecule has 21 heavy (non-hydrogen) atoms. The van der Waals surface area contributed by atoms with Gasteiger partial charge < -0.3 is 15.4 Å². The normalized spacial score (nSPS) is 22.9. The molecule has 1 heterocycles. The van der Waals surface area contributed by atoms with E-state index in [1.807, 2.05) is 19.1 Å². The number of carbonyl (C=O) groups is 1. The second kappa shape index (κ2) is 6.90. The van der Waals surface area contributed by atoms with Crippen LogP contribution < -0.4 is 10.6 Å². The summed E-state index contributed by atoms with van der Waals surface area (Å²) >= 11 is 3.44. The summed E-state index contributed by atoms with van der Waals surface area (Å²) in [7, 11) is 0. The van der Waals surface area contributed by atoms with Crippen LogP contribution >= 0.6 is 15.9 Å². The number of benzene rings is 1. The van der Waals surface area contributed by atoms with Gasteiger partial charge in [0, 0.05) is 23.0 Å². The lowest BCUT2D eigenvalue weighted by Crippen LogP contribution is -2.56. The molecule has 2 N–H and O–H groups in total. The van der Waals surface area contributed by atoms with Crippen LogP contribution in [0.25, 0.3) is 0 Å². The average molecular weight is 355 g/mol. The molecule has 0 aliphatic carbocycles. The quantitative estimate of drug-likeness (QED) is 0.871. The van der Waals surface area contributed by atoms with Crippen molar-refractivity contribution in [2.45, 2.75) is 38.3 Å². The van der Waals surface area contributed by atoms with Crippen molar-refractivity contribution in [1.82, 2.24) is 10.6 Å². The molecule has 4 nitrogen and oxygen atoms in total. The van der Waals surface area contributed by atoms with Gasteiger partial charge in [-0.1, -0.05) is 41.9 Å². The average Bonchev–Trinajstić information content (AvgIpc) is 2.46. The highest BCUT2D eigenvalue weighted by Crippen LogP contribution is 2.24. The minimum atomic E-state index is -0.264. The molecular formula is C16H23BrN2O2. The van der Waals surface area contributed by atoms with Crippen molar-refractivity contribution in [3.63, 3.8) is 0 Å². The Morgan fingerprint density at radius 1 is 1.43 bits per heavy atom. The molecule has 1 saturated heterocycles. The number of amides is 1. The third kappa shape index (κ3) is 4.28. The fourth-order valence-electron chi connectivity index (χ4n) is 2.45. The van der Waals surface area contributed by atoms with Gasteiger partial charge in [0.2, 0.25) is 5.91 Å². The summed E-state index contributed by atoms with van der Waals surface area (Å²) in [5.74, 6) is 0.00684. The van der Waals surface area contributed by atoms with E-state index in [0.29, 0.717) is 13.2 Å². The highest BCUT2D eigenvalue weighted by Gasteiger charge is 2.29. The molecule has 1 fully saturated rings. The molecule has 5 heteroatoms. The summed E-state index contributed by atoms with van der Waals surface area (Å²) in [5.41, 5.74) is 1.08. The lowest BCUT2D eigenvalue weighted by Gasteiger charge is -2.31. The van der Waals surface area contributed by atoms with E-state index >= 15 is 0 Å². The zero-order chi connectivity index (χ0) is 15.5. The molecule has 0 bridgehead atoms. The molecule has 0 spiro atoms. The number of morpholine rings is 1. The van der Waals surface area contributed by atoms with Crippen molar-refractivity contribution in [1.29, 1.82) is 0 Å². The predicted molar refractivity (Wildman–Crippen MR) is 87.4 cm³/mol. The summed E-state index contributed by atoms with van der Waals surface area (Å²) in [6, 6.07) is 7.95. The number of hydrogen-bond acceptors (Lipinski definition) is 3. The lowest BCUT2D eigenvalue weighted by atomic mass is 9.84. The summed E-state index contributed by atoms with van der Waals surface area (Å²) in [6.07, 6.45) is -0.0884. The molecule has 1 aliphatic rings. The van der Waals surface area contributed by atoms with Gasteiger partial charge in [-0.05, 0) is 24.6 Å². The van der Waals surface area contributed by atoms with Gasteiger partial charge in [-0.3, -0.25) is 4.79 Å². The van der Waals surface area contributed by atoms with Gasteiger partial charge in [0.25, 0.3) is 0 Å². The second-order valence-electron chi connectivity index (χ2n) is 6.12. The zero-order valence-electron chi connectivity index (χ0n) is 12.8. The Bertz CT molecular complexity index is 488. The highest BCUT2D eigenvalue weighted by atomic mass is 79.9. The first-order valence-corrected chi connectivity index (χ1v) is 8.08. The van der Waals surface area contributed by atoms with Crippen molar-refractivity contribution in [2.24, 2.45) is 0 Å². The van der Waals surface area contributed by atoms with Gasteiger partial charge in [0.15, 0.2) is 0 Å². The monoisotopic (exact) mass is 354 g/mol. The van der Waals surface area contributed by atoms with Crippen LogP contribution in [0.3, 0.4) is 0 Å². The molecule has 116 valence electrons. The fourth-order valence-corrected chi connectivity index (χ4v) is 2.71. The van der Waals surface area contributed by atoms with Crippen LogP contribution in [0.15, 0.2) is 28.7 Å². The molecule has 1 aromatic carbocycles. The standard InChI is InChI=1S/C16H23BrN2O2/c1-11-14(18-8-9-21-11)15(20)19-10-16(2,3)12-4-6-13(17)7-5-12/h4-7,11,14,18H,8-10H2,1-3H3,(H,19,20)/t11-,14+/m1/s1. The maximum atomic E-state index is 12.3. The Labute approximate surface area is 134 Å². The molecule has 2 atom stereocenters. The second-order valence-corrected chi connectivity index (χ2v) is 7.03. The van der Waals surface area contributed by atoms with Crippen LogP contribution in [-0.2, 0) is 14.9 Å². The Balaban J connectivity index is 1.94. The van der Waals surface area contributed by atoms with Crippen molar-refractivity contribution in [3.05, 3.63) is 34.3 Å². The van der Waals surface area contributed by atoms with Crippen LogP contribution in [0, 0.1) is 0 Å². The molecule has 1 aliphatic heterocycles. The first-order chi connectivity index (χ1) is 9.90. The maximum Gasteiger partial charge on any atom is 0.239 e. The number of rotatable bonds is 4. The molecule has 1 aromatic rings. The summed E-state index contributed by atoms with van der Waals surface area (Å²) in [4.78, 5) is 12.3. The van der Waals surface area contributed by atoms with Crippen LogP contribution in [0.2, 0.25) is 0 Å². The summed E-state index contributed by atoms with van der Waals surface area (Å²) in [6.45, 7) is 8.16.